The summed E-state index contributed by atoms with van der Waals surface area (Å²) in [6, 6.07) is 9.05. The van der Waals surface area contributed by atoms with E-state index in [4.69, 9.17) is 14.2 Å². The van der Waals surface area contributed by atoms with E-state index in [1.807, 2.05) is 0 Å². The molecular weight excluding hydrogens is 459 g/mol. The molecule has 1 heterocycles. The summed E-state index contributed by atoms with van der Waals surface area (Å²) >= 11 is 0. The molecule has 12 heteroatoms. The van der Waals surface area contributed by atoms with Crippen LogP contribution in [0.5, 0.6) is 17.2 Å². The van der Waals surface area contributed by atoms with E-state index in [-0.39, 0.29) is 24.3 Å². The Labute approximate surface area is 192 Å². The Kier molecular flexibility index (Phi) is 6.89. The summed E-state index contributed by atoms with van der Waals surface area (Å²) < 4.78 is 57.5. The Hall–Kier alpha value is -3.96. The van der Waals surface area contributed by atoms with Gasteiger partial charge >= 0.3 is 12.2 Å². The average Bonchev–Trinajstić information content (AvgIpc) is 3.06. The fourth-order valence-corrected chi connectivity index (χ4v) is 3.47. The van der Waals surface area contributed by atoms with Crippen molar-refractivity contribution in [1.82, 2.24) is 15.5 Å². The lowest BCUT2D eigenvalue weighted by atomic mass is 10.1. The maximum Gasteiger partial charge on any atom is 0.440 e. The fourth-order valence-electron chi connectivity index (χ4n) is 3.47. The molecule has 182 valence electrons. The monoisotopic (exact) mass is 481 g/mol. The van der Waals surface area contributed by atoms with Crippen molar-refractivity contribution >= 4 is 17.8 Å². The van der Waals surface area contributed by atoms with Gasteiger partial charge in [-0.2, -0.15) is 13.2 Å². The SMILES string of the molecule is COc1ccc(CCN2C(=O)NC(NC(=O)c3ccccc3OC)(C(F)(F)F)C2=O)cc1OC. The van der Waals surface area contributed by atoms with Crippen LogP contribution in [0.2, 0.25) is 0 Å². The number of hydrogen-bond acceptors (Lipinski definition) is 6. The van der Waals surface area contributed by atoms with E-state index in [0.717, 1.165) is 0 Å². The summed E-state index contributed by atoms with van der Waals surface area (Å²) in [5.74, 6) is -2.07. The number of para-hydroxylation sites is 1. The van der Waals surface area contributed by atoms with Gasteiger partial charge in [-0.05, 0) is 36.2 Å². The largest absolute Gasteiger partial charge is 0.496 e. The molecule has 2 aromatic carbocycles. The van der Waals surface area contributed by atoms with Crippen molar-refractivity contribution in [3.05, 3.63) is 53.6 Å². The van der Waals surface area contributed by atoms with Crippen LogP contribution >= 0.6 is 0 Å². The van der Waals surface area contributed by atoms with E-state index < -0.39 is 29.7 Å². The molecule has 0 radical (unpaired) electrons. The lowest BCUT2D eigenvalue weighted by Crippen LogP contribution is -2.69. The summed E-state index contributed by atoms with van der Waals surface area (Å²) in [4.78, 5) is 38.4. The van der Waals surface area contributed by atoms with Gasteiger partial charge in [0, 0.05) is 6.54 Å². The van der Waals surface area contributed by atoms with Crippen molar-refractivity contribution < 1.29 is 41.8 Å². The molecule has 2 N–H and O–H groups in total. The molecule has 1 fully saturated rings. The van der Waals surface area contributed by atoms with E-state index in [2.05, 4.69) is 0 Å². The average molecular weight is 481 g/mol. The quantitative estimate of drug-likeness (QED) is 0.562. The van der Waals surface area contributed by atoms with Crippen LogP contribution in [0.1, 0.15) is 15.9 Å². The number of rotatable bonds is 8. The number of amides is 4. The van der Waals surface area contributed by atoms with Crippen LogP contribution in [0.25, 0.3) is 0 Å². The van der Waals surface area contributed by atoms with Gasteiger partial charge in [0.1, 0.15) is 5.75 Å². The zero-order chi connectivity index (χ0) is 25.1. The number of benzene rings is 2. The molecule has 4 amide bonds. The molecule has 0 saturated carbocycles. The molecule has 2 aromatic rings. The number of ether oxygens (including phenoxy) is 3. The van der Waals surface area contributed by atoms with Crippen LogP contribution in [0, 0.1) is 0 Å². The fraction of sp³-hybridized carbons (Fsp3) is 0.318. The highest BCUT2D eigenvalue weighted by Gasteiger charge is 2.68. The number of nitrogens with zero attached hydrogens (tertiary/aromatic N) is 1. The van der Waals surface area contributed by atoms with E-state index in [0.29, 0.717) is 22.0 Å². The van der Waals surface area contributed by atoms with Crippen molar-refractivity contribution in [2.24, 2.45) is 0 Å². The van der Waals surface area contributed by atoms with Crippen LogP contribution in [0.15, 0.2) is 42.5 Å². The lowest BCUT2D eigenvalue weighted by Gasteiger charge is -2.30. The van der Waals surface area contributed by atoms with Gasteiger partial charge in [-0.15, -0.1) is 0 Å². The highest BCUT2D eigenvalue weighted by Crippen LogP contribution is 2.35. The van der Waals surface area contributed by atoms with Crippen LogP contribution < -0.4 is 24.8 Å². The van der Waals surface area contributed by atoms with E-state index in [1.54, 1.807) is 28.8 Å². The summed E-state index contributed by atoms with van der Waals surface area (Å²) in [6.07, 6.45) is -5.29. The zero-order valence-electron chi connectivity index (χ0n) is 18.5. The van der Waals surface area contributed by atoms with Crippen molar-refractivity contribution in [3.63, 3.8) is 0 Å². The van der Waals surface area contributed by atoms with Gasteiger partial charge in [-0.3, -0.25) is 19.8 Å². The molecule has 34 heavy (non-hydrogen) atoms. The van der Waals surface area contributed by atoms with Crippen LogP contribution in [0.3, 0.4) is 0 Å². The summed E-state index contributed by atoms with van der Waals surface area (Å²) in [5, 5.41) is 3.28. The molecule has 1 saturated heterocycles. The number of halogens is 3. The van der Waals surface area contributed by atoms with Crippen molar-refractivity contribution in [1.29, 1.82) is 0 Å². The van der Waals surface area contributed by atoms with Crippen molar-refractivity contribution in [3.8, 4) is 17.2 Å². The van der Waals surface area contributed by atoms with Crippen LogP contribution in [0.4, 0.5) is 18.0 Å². The molecule has 9 nitrogen and oxygen atoms in total. The number of nitrogens with one attached hydrogen (secondary N) is 2. The van der Waals surface area contributed by atoms with Gasteiger partial charge in [0.25, 0.3) is 17.5 Å². The van der Waals surface area contributed by atoms with Gasteiger partial charge in [0.15, 0.2) is 11.5 Å². The molecule has 1 aliphatic heterocycles. The van der Waals surface area contributed by atoms with E-state index in [1.165, 1.54) is 45.6 Å². The topological polar surface area (TPSA) is 106 Å². The number of hydrogen-bond donors (Lipinski definition) is 2. The Morgan fingerprint density at radius 3 is 2.26 bits per heavy atom. The molecular formula is C22H22F3N3O6. The third-order valence-corrected chi connectivity index (χ3v) is 5.26. The van der Waals surface area contributed by atoms with Crippen LogP contribution in [-0.4, -0.2) is 62.5 Å². The molecule has 0 bridgehead atoms. The van der Waals surface area contributed by atoms with Gasteiger partial charge in [-0.1, -0.05) is 18.2 Å². The first-order valence-corrected chi connectivity index (χ1v) is 9.95. The van der Waals surface area contributed by atoms with Gasteiger partial charge in [-0.25, -0.2) is 4.79 Å². The number of carbonyl (C=O) groups excluding carboxylic acids is 3. The van der Waals surface area contributed by atoms with Gasteiger partial charge in [0.05, 0.1) is 26.9 Å². The Bertz CT molecular complexity index is 1110. The number of urea groups is 1. The first-order chi connectivity index (χ1) is 16.1. The van der Waals surface area contributed by atoms with Gasteiger partial charge in [0.2, 0.25) is 0 Å². The first kappa shape index (κ1) is 24.7. The van der Waals surface area contributed by atoms with E-state index >= 15 is 0 Å². The summed E-state index contributed by atoms with van der Waals surface area (Å²) in [5.41, 5.74) is -3.28. The predicted octanol–water partition coefficient (Wildman–Crippen LogP) is 2.50. The minimum atomic E-state index is -5.32. The standard InChI is InChI=1S/C22H22F3N3O6/c1-32-15-7-5-4-6-14(15)18(29)26-21(22(23,24)25)19(30)28(20(31)27-21)11-10-13-8-9-16(33-2)17(12-13)34-3/h4-9,12H,10-11H2,1-3H3,(H,26,29)(H,27,31). The second-order valence-electron chi connectivity index (χ2n) is 7.23. The molecule has 1 unspecified atom stereocenters. The molecule has 0 aliphatic carbocycles. The second kappa shape index (κ2) is 9.49. The molecule has 1 aliphatic rings. The molecule has 0 aromatic heterocycles. The predicted molar refractivity (Wildman–Crippen MR) is 113 cm³/mol. The minimum absolute atomic E-state index is 0.000550. The van der Waals surface area contributed by atoms with Crippen molar-refractivity contribution in [2.75, 3.05) is 27.9 Å². The molecule has 1 atom stereocenters. The smallest absolute Gasteiger partial charge is 0.440 e. The number of methoxy groups -OCH3 is 3. The summed E-state index contributed by atoms with van der Waals surface area (Å²) in [7, 11) is 4.10. The van der Waals surface area contributed by atoms with Crippen molar-refractivity contribution in [2.45, 2.75) is 18.3 Å². The van der Waals surface area contributed by atoms with Crippen LogP contribution in [-0.2, 0) is 11.2 Å². The highest BCUT2D eigenvalue weighted by molar-refractivity contribution is 6.10. The lowest BCUT2D eigenvalue weighted by molar-refractivity contribution is -0.200. The Morgan fingerprint density at radius 1 is 1.00 bits per heavy atom. The summed E-state index contributed by atoms with van der Waals surface area (Å²) in [6.45, 7) is -0.373. The second-order valence-corrected chi connectivity index (χ2v) is 7.23. The Morgan fingerprint density at radius 2 is 1.65 bits per heavy atom. The maximum atomic E-state index is 14.1. The van der Waals surface area contributed by atoms with Gasteiger partial charge < -0.3 is 19.5 Å². The number of imide groups is 1. The Balaban J connectivity index is 1.85. The zero-order valence-corrected chi connectivity index (χ0v) is 18.5. The van der Waals surface area contributed by atoms with E-state index in [9.17, 15) is 27.6 Å². The minimum Gasteiger partial charge on any atom is -0.496 e. The normalized spacial score (nSPS) is 17.9. The highest BCUT2D eigenvalue weighted by atomic mass is 19.4. The number of alkyl halides is 3. The molecule has 3 rings (SSSR count). The third kappa shape index (κ3) is 4.43. The number of carbonyl (C=O) groups is 3. The third-order valence-electron chi connectivity index (χ3n) is 5.26. The molecule has 0 spiro atoms. The first-order valence-electron chi connectivity index (χ1n) is 9.95. The maximum absolute atomic E-state index is 14.1.